The molecule has 0 aliphatic heterocycles. The quantitative estimate of drug-likeness (QED) is 0.0311. The van der Waals surface area contributed by atoms with Crippen LogP contribution in [0, 0.1) is 35.0 Å². The molecule has 0 saturated carbocycles. The Labute approximate surface area is 665 Å². The molecule has 0 unspecified atom stereocenters. The van der Waals surface area contributed by atoms with E-state index in [9.17, 15) is 82.3 Å². The molecule has 113 heavy (non-hydrogen) atoms. The van der Waals surface area contributed by atoms with Gasteiger partial charge in [-0.2, -0.15) is 17.0 Å². The molecule has 35 nitrogen and oxygen atoms in total. The first-order chi connectivity index (χ1) is 53.4. The van der Waals surface area contributed by atoms with E-state index in [1.54, 1.807) is 83.5 Å². The van der Waals surface area contributed by atoms with Gasteiger partial charge in [-0.15, -0.1) is 0 Å². The number of primary amides is 1. The van der Waals surface area contributed by atoms with Crippen LogP contribution < -0.4 is 92.1 Å². The number of thioether (sulfide) groups is 1. The molecule has 1 heterocycles. The first kappa shape index (κ1) is 96.9. The van der Waals surface area contributed by atoms with Crippen LogP contribution in [0.3, 0.4) is 0 Å². The fourth-order valence-corrected chi connectivity index (χ4v) is 12.3. The normalized spacial score (nSPS) is 15.2. The van der Waals surface area contributed by atoms with Gasteiger partial charge in [0.05, 0.1) is 30.6 Å². The van der Waals surface area contributed by atoms with Crippen molar-refractivity contribution in [2.24, 2.45) is 46.6 Å². The highest BCUT2D eigenvalue weighted by atomic mass is 32.2. The minimum Gasteiger partial charge on any atom is -0.480 e. The number of unbranched alkanes of at least 4 members (excludes halogenated alkanes) is 2. The number of nitrogens with one attached hydrogen (secondary N) is 14. The number of carbonyl (C=O) groups excluding carboxylic acids is 14. The number of nitrogens with zero attached hydrogens (tertiary/aromatic N) is 1. The molecule has 14 amide bonds. The standard InChI is InChI=1S/C77H121N19O16S/c1-13-43(7)63(82)75(109)94-59(37-61(81)97)74(108)93-58(36-50-39-83-52-22-16-15-21-51(50)52)73(107)89-53(23-17-19-30-78)68(102)84-40-62(98)96-64(44(8)14-2)76(110)87-45(9)65(99)85-46(10)66(100)88-55(29-32-113-12)69(103)86-47(11)67(101)91-57(35-48-25-27-49(38-80)28-26-48)72(106)90-54(24-18-20-31-79)70(104)92-56(33-41(3)4)71(105)95-60(77(111)112)34-42(5)6/h15-16,21-22,25-28,39,41-47,53-60,63-64,83H,13-14,17-20,23-24,29-37,40,78-79,82H2,1-12H3,(H2,81,97)(H,84,102)(H,85,99)(H,86,103)(H,87,110)(H,88,100)(H,89,107)(H,90,106)(H,91,101)(H,92,104)(H,93,108)(H,94,109)(H,95,105)(H,96,98)(H,111,112)/t43-,44-,45-,46-,47-,53-,54-,55-,56-,57-,58-,59-,60-,63-,64-/m0/s1. The van der Waals surface area contributed by atoms with Crippen molar-refractivity contribution in [1.82, 2.24) is 74.1 Å². The number of aliphatic carboxylic acids is 1. The second-order valence-electron chi connectivity index (χ2n) is 29.4. The second kappa shape index (κ2) is 50.0. The third-order valence-electron chi connectivity index (χ3n) is 19.0. The second-order valence-corrected chi connectivity index (χ2v) is 30.4. The van der Waals surface area contributed by atoms with E-state index < -0.39 is 186 Å². The Balaban J connectivity index is 1.77. The lowest BCUT2D eigenvalue weighted by molar-refractivity contribution is -0.143. The van der Waals surface area contributed by atoms with Crippen molar-refractivity contribution in [2.45, 2.75) is 245 Å². The summed E-state index contributed by atoms with van der Waals surface area (Å²) in [5.74, 6) is -13.7. The molecule has 3 aromatic rings. The van der Waals surface area contributed by atoms with E-state index in [1.807, 2.05) is 26.8 Å². The Morgan fingerprint density at radius 2 is 0.920 bits per heavy atom. The number of hydrogen-bond donors (Lipinski definition) is 19. The van der Waals surface area contributed by atoms with Crippen molar-refractivity contribution < 1.29 is 77.0 Å². The Kier molecular flexibility index (Phi) is 42.9. The predicted octanol–water partition coefficient (Wildman–Crippen LogP) is -0.699. The van der Waals surface area contributed by atoms with Crippen molar-refractivity contribution in [3.63, 3.8) is 0 Å². The Bertz CT molecular complexity index is 3740. The number of amides is 14. The van der Waals surface area contributed by atoms with Crippen LogP contribution in [0.25, 0.3) is 10.9 Å². The van der Waals surface area contributed by atoms with Crippen molar-refractivity contribution >= 4 is 111 Å². The monoisotopic (exact) mass is 1600 g/mol. The lowest BCUT2D eigenvalue weighted by Gasteiger charge is -2.28. The minimum atomic E-state index is -1.55. The van der Waals surface area contributed by atoms with Gasteiger partial charge in [0.1, 0.15) is 72.5 Å². The maximum absolute atomic E-state index is 14.5. The van der Waals surface area contributed by atoms with Crippen molar-refractivity contribution in [3.8, 4) is 6.07 Å². The van der Waals surface area contributed by atoms with Gasteiger partial charge in [0, 0.05) is 29.9 Å². The maximum atomic E-state index is 14.5. The Hall–Kier alpha value is -10.2. The average molecular weight is 1600 g/mol. The molecule has 3 rings (SSSR count). The van der Waals surface area contributed by atoms with Crippen LogP contribution in [0.1, 0.15) is 170 Å². The third-order valence-corrected chi connectivity index (χ3v) is 19.7. The molecular formula is C77H121N19O16S. The number of fused-ring (bicyclic) bond motifs is 1. The predicted molar refractivity (Wildman–Crippen MR) is 426 cm³/mol. The van der Waals surface area contributed by atoms with Crippen molar-refractivity contribution in [1.29, 1.82) is 5.26 Å². The zero-order chi connectivity index (χ0) is 84.8. The zero-order valence-electron chi connectivity index (χ0n) is 67.0. The molecule has 2 aromatic carbocycles. The summed E-state index contributed by atoms with van der Waals surface area (Å²) in [6, 6.07) is -1.83. The highest BCUT2D eigenvalue weighted by Crippen LogP contribution is 2.21. The number of benzene rings is 2. The molecule has 0 radical (unpaired) electrons. The van der Waals surface area contributed by atoms with Crippen LogP contribution >= 0.6 is 11.8 Å². The first-order valence-electron chi connectivity index (χ1n) is 38.5. The highest BCUT2D eigenvalue weighted by molar-refractivity contribution is 7.98. The van der Waals surface area contributed by atoms with E-state index in [0.29, 0.717) is 71.9 Å². The number of carboxylic acid groups (broad SMARTS) is 1. The molecule has 23 N–H and O–H groups in total. The summed E-state index contributed by atoms with van der Waals surface area (Å²) in [4.78, 5) is 209. The van der Waals surface area contributed by atoms with Crippen LogP contribution in [-0.2, 0) is 84.8 Å². The van der Waals surface area contributed by atoms with E-state index in [2.05, 4.69) is 74.1 Å². The van der Waals surface area contributed by atoms with Crippen molar-refractivity contribution in [2.75, 3.05) is 31.6 Å². The number of nitrogens with two attached hydrogens (primary N) is 4. The molecule has 15 atom stereocenters. The lowest BCUT2D eigenvalue weighted by atomic mass is 9.98. The molecule has 0 aliphatic rings. The van der Waals surface area contributed by atoms with E-state index >= 15 is 0 Å². The largest absolute Gasteiger partial charge is 0.480 e. The van der Waals surface area contributed by atoms with Gasteiger partial charge in [0.2, 0.25) is 82.7 Å². The maximum Gasteiger partial charge on any atom is 0.326 e. The summed E-state index contributed by atoms with van der Waals surface area (Å²) in [6.07, 6.45) is 5.14. The fourth-order valence-electron chi connectivity index (χ4n) is 11.8. The number of carboxylic acids is 1. The van der Waals surface area contributed by atoms with Gasteiger partial charge in [-0.1, -0.05) is 98.6 Å². The van der Waals surface area contributed by atoms with Crippen LogP contribution in [-0.4, -0.2) is 209 Å². The number of H-pyrrole nitrogens is 1. The van der Waals surface area contributed by atoms with Gasteiger partial charge in [-0.05, 0) is 157 Å². The SMILES string of the molecule is CC[C@H](C)[C@H](N)C(=O)N[C@@H](CC(N)=O)C(=O)N[C@@H](Cc1c[nH]c2ccccc12)C(=O)N[C@@H](CCCCN)C(=O)NCC(=O)N[C@H](C(=O)N[C@@H](C)C(=O)N[C@@H](C)C(=O)N[C@@H](CCSC)C(=O)N[C@@H](C)C(=O)N[C@@H](Cc1ccc(C#N)cc1)C(=O)N[C@@H](CCCCN)C(=O)N[C@@H](CC(C)C)C(=O)N[C@@H](CC(C)C)C(=O)O)[C@@H](C)CC. The highest BCUT2D eigenvalue weighted by Gasteiger charge is 2.37. The van der Waals surface area contributed by atoms with Crippen molar-refractivity contribution in [3.05, 3.63) is 71.4 Å². The number of aromatic amines is 1. The summed E-state index contributed by atoms with van der Waals surface area (Å²) in [5.41, 5.74) is 25.3. The molecular weight excluding hydrogens is 1480 g/mol. The molecule has 1 aromatic heterocycles. The summed E-state index contributed by atoms with van der Waals surface area (Å²) in [6.45, 7) is 17.9. The van der Waals surface area contributed by atoms with Crippen LogP contribution in [0.2, 0.25) is 0 Å². The van der Waals surface area contributed by atoms with Crippen LogP contribution in [0.15, 0.2) is 54.7 Å². The Morgan fingerprint density at radius 1 is 0.487 bits per heavy atom. The summed E-state index contributed by atoms with van der Waals surface area (Å²) in [5, 5.41) is 53.9. The first-order valence-corrected chi connectivity index (χ1v) is 39.9. The summed E-state index contributed by atoms with van der Waals surface area (Å²) >= 11 is 1.34. The van der Waals surface area contributed by atoms with Gasteiger partial charge < -0.3 is 102 Å². The smallest absolute Gasteiger partial charge is 0.326 e. The van der Waals surface area contributed by atoms with Gasteiger partial charge in [-0.3, -0.25) is 67.1 Å². The minimum absolute atomic E-state index is 0.0113. The van der Waals surface area contributed by atoms with E-state index in [1.165, 1.54) is 44.7 Å². The number of carbonyl (C=O) groups is 15. The van der Waals surface area contributed by atoms with Gasteiger partial charge in [0.15, 0.2) is 0 Å². The van der Waals surface area contributed by atoms with Crippen LogP contribution in [0.4, 0.5) is 0 Å². The lowest BCUT2D eigenvalue weighted by Crippen LogP contribution is -2.60. The molecule has 0 spiro atoms. The average Bonchev–Trinajstić information content (AvgIpc) is 1.72. The van der Waals surface area contributed by atoms with E-state index in [0.717, 1.165) is 0 Å². The molecule has 0 saturated heterocycles. The molecule has 626 valence electrons. The van der Waals surface area contributed by atoms with Gasteiger partial charge in [0.25, 0.3) is 0 Å². The number of para-hydroxylation sites is 1. The van der Waals surface area contributed by atoms with Crippen LogP contribution in [0.5, 0.6) is 0 Å². The number of rotatable bonds is 52. The number of aromatic nitrogens is 1. The summed E-state index contributed by atoms with van der Waals surface area (Å²) < 4.78 is 0. The molecule has 0 fully saturated rings. The zero-order valence-corrected chi connectivity index (χ0v) is 67.8. The third kappa shape index (κ3) is 33.9. The summed E-state index contributed by atoms with van der Waals surface area (Å²) in [7, 11) is 0. The van der Waals surface area contributed by atoms with Gasteiger partial charge >= 0.3 is 5.97 Å². The number of nitriles is 1. The number of hydrogen-bond acceptors (Lipinski definition) is 20. The Morgan fingerprint density at radius 3 is 1.45 bits per heavy atom. The van der Waals surface area contributed by atoms with Gasteiger partial charge in [-0.25, -0.2) is 4.79 Å². The molecule has 36 heteroatoms. The fraction of sp³-hybridized carbons (Fsp3) is 0.610. The molecule has 0 bridgehead atoms. The topological polar surface area (TPSA) is 576 Å². The van der Waals surface area contributed by atoms with E-state index in [-0.39, 0.29) is 75.8 Å². The molecule has 0 aliphatic carbocycles. The van der Waals surface area contributed by atoms with E-state index in [4.69, 9.17) is 22.9 Å².